The van der Waals surface area contributed by atoms with Gasteiger partial charge in [-0.15, -0.1) is 0 Å². The van der Waals surface area contributed by atoms with Crippen LogP contribution in [0, 0.1) is 0 Å². The molecule has 0 saturated carbocycles. The van der Waals surface area contributed by atoms with Gasteiger partial charge in [0.2, 0.25) is 5.91 Å². The number of rotatable bonds is 7. The Hall–Kier alpha value is -0.610. The molecule has 0 spiro atoms. The quantitative estimate of drug-likeness (QED) is 0.702. The summed E-state index contributed by atoms with van der Waals surface area (Å²) in [6.07, 6.45) is 5.77. The standard InChI is InChI=1S/C13H27N3O/c1-3-8-15-12(13(14)17)7-10-16-9-5-4-6-11(16)2/h11-12,15H,3-10H2,1-2H3,(H2,14,17). The van der Waals surface area contributed by atoms with Crippen molar-refractivity contribution in [1.29, 1.82) is 0 Å². The van der Waals surface area contributed by atoms with Gasteiger partial charge in [0.25, 0.3) is 0 Å². The Morgan fingerprint density at radius 2 is 2.29 bits per heavy atom. The fourth-order valence-corrected chi connectivity index (χ4v) is 2.45. The Bertz CT molecular complexity index is 233. The lowest BCUT2D eigenvalue weighted by atomic mass is 10.0. The van der Waals surface area contributed by atoms with Crippen LogP contribution in [0.1, 0.15) is 46.0 Å². The van der Waals surface area contributed by atoms with E-state index in [0.29, 0.717) is 6.04 Å². The molecule has 0 aromatic carbocycles. The number of hydrogen-bond acceptors (Lipinski definition) is 3. The number of nitrogens with zero attached hydrogens (tertiary/aromatic N) is 1. The van der Waals surface area contributed by atoms with Gasteiger partial charge >= 0.3 is 0 Å². The van der Waals surface area contributed by atoms with Crippen LogP contribution >= 0.6 is 0 Å². The van der Waals surface area contributed by atoms with Gasteiger partial charge in [-0.25, -0.2) is 0 Å². The minimum absolute atomic E-state index is 0.163. The predicted molar refractivity (Wildman–Crippen MR) is 70.8 cm³/mol. The zero-order chi connectivity index (χ0) is 12.7. The Kier molecular flexibility index (Phi) is 6.52. The molecule has 2 unspecified atom stereocenters. The molecular formula is C13H27N3O. The van der Waals surface area contributed by atoms with Crippen molar-refractivity contribution in [1.82, 2.24) is 10.2 Å². The van der Waals surface area contributed by atoms with Crippen LogP contribution in [0.2, 0.25) is 0 Å². The fraction of sp³-hybridized carbons (Fsp3) is 0.923. The van der Waals surface area contributed by atoms with Gasteiger partial charge in [-0.1, -0.05) is 13.3 Å². The smallest absolute Gasteiger partial charge is 0.234 e. The number of amides is 1. The lowest BCUT2D eigenvalue weighted by molar-refractivity contribution is -0.120. The molecule has 1 amide bonds. The second-order valence-electron chi connectivity index (χ2n) is 5.08. The molecule has 2 atom stereocenters. The first kappa shape index (κ1) is 14.5. The van der Waals surface area contributed by atoms with Crippen molar-refractivity contribution >= 4 is 5.91 Å². The highest BCUT2D eigenvalue weighted by Gasteiger charge is 2.21. The fourth-order valence-electron chi connectivity index (χ4n) is 2.45. The summed E-state index contributed by atoms with van der Waals surface area (Å²) in [7, 11) is 0. The van der Waals surface area contributed by atoms with Crippen LogP contribution in [0.25, 0.3) is 0 Å². The van der Waals surface area contributed by atoms with Crippen molar-refractivity contribution in [3.63, 3.8) is 0 Å². The van der Waals surface area contributed by atoms with Crippen molar-refractivity contribution < 1.29 is 4.79 Å². The molecular weight excluding hydrogens is 214 g/mol. The summed E-state index contributed by atoms with van der Waals surface area (Å²) in [4.78, 5) is 13.8. The Morgan fingerprint density at radius 3 is 2.88 bits per heavy atom. The van der Waals surface area contributed by atoms with E-state index in [2.05, 4.69) is 24.1 Å². The van der Waals surface area contributed by atoms with E-state index in [-0.39, 0.29) is 11.9 Å². The molecule has 4 heteroatoms. The summed E-state index contributed by atoms with van der Waals surface area (Å²) in [5.41, 5.74) is 5.41. The number of carbonyl (C=O) groups excluding carboxylic acids is 1. The average molecular weight is 241 g/mol. The Balaban J connectivity index is 2.31. The highest BCUT2D eigenvalue weighted by molar-refractivity contribution is 5.79. The summed E-state index contributed by atoms with van der Waals surface area (Å²) >= 11 is 0. The molecule has 0 aromatic rings. The van der Waals surface area contributed by atoms with Gasteiger partial charge in [0, 0.05) is 12.6 Å². The maximum atomic E-state index is 11.3. The van der Waals surface area contributed by atoms with Crippen LogP contribution in [0.15, 0.2) is 0 Å². The molecule has 17 heavy (non-hydrogen) atoms. The molecule has 0 aliphatic carbocycles. The summed E-state index contributed by atoms with van der Waals surface area (Å²) in [6.45, 7) is 7.38. The van der Waals surface area contributed by atoms with Gasteiger partial charge in [-0.2, -0.15) is 0 Å². The Labute approximate surface area is 105 Å². The van der Waals surface area contributed by atoms with Gasteiger partial charge in [0.15, 0.2) is 0 Å². The van der Waals surface area contributed by atoms with Crippen LogP contribution in [-0.4, -0.2) is 42.5 Å². The number of piperidine rings is 1. The van der Waals surface area contributed by atoms with Crippen molar-refractivity contribution in [3.05, 3.63) is 0 Å². The number of carbonyl (C=O) groups is 1. The summed E-state index contributed by atoms with van der Waals surface area (Å²) in [5, 5.41) is 3.22. The van der Waals surface area contributed by atoms with Gasteiger partial charge in [0.05, 0.1) is 6.04 Å². The first-order chi connectivity index (χ1) is 8.15. The molecule has 0 bridgehead atoms. The van der Waals surface area contributed by atoms with Crippen LogP contribution < -0.4 is 11.1 Å². The van der Waals surface area contributed by atoms with Gasteiger partial charge in [-0.3, -0.25) is 4.79 Å². The summed E-state index contributed by atoms with van der Waals surface area (Å²) in [5.74, 6) is -0.219. The van der Waals surface area contributed by atoms with Crippen LogP contribution in [0.5, 0.6) is 0 Å². The van der Waals surface area contributed by atoms with Gasteiger partial charge in [-0.05, 0) is 45.7 Å². The molecule has 100 valence electrons. The second kappa shape index (κ2) is 7.67. The molecule has 4 nitrogen and oxygen atoms in total. The van der Waals surface area contributed by atoms with Gasteiger partial charge in [0.1, 0.15) is 0 Å². The Morgan fingerprint density at radius 1 is 1.53 bits per heavy atom. The topological polar surface area (TPSA) is 58.4 Å². The minimum atomic E-state index is -0.219. The molecule has 1 rings (SSSR count). The lowest BCUT2D eigenvalue weighted by Gasteiger charge is -2.34. The highest BCUT2D eigenvalue weighted by atomic mass is 16.1. The first-order valence-electron chi connectivity index (χ1n) is 6.92. The predicted octanol–water partition coefficient (Wildman–Crippen LogP) is 1.10. The second-order valence-corrected chi connectivity index (χ2v) is 5.08. The largest absolute Gasteiger partial charge is 0.368 e. The van der Waals surface area contributed by atoms with E-state index in [0.717, 1.165) is 25.9 Å². The molecule has 0 radical (unpaired) electrons. The van der Waals surface area contributed by atoms with Crippen LogP contribution in [-0.2, 0) is 4.79 Å². The van der Waals surface area contributed by atoms with E-state index in [1.165, 1.54) is 25.8 Å². The third kappa shape index (κ3) is 5.04. The van der Waals surface area contributed by atoms with E-state index in [1.807, 2.05) is 0 Å². The number of primary amides is 1. The zero-order valence-electron chi connectivity index (χ0n) is 11.2. The number of nitrogens with one attached hydrogen (secondary N) is 1. The third-order valence-corrected chi connectivity index (χ3v) is 3.63. The molecule has 1 fully saturated rings. The van der Waals surface area contributed by atoms with Crippen LogP contribution in [0.4, 0.5) is 0 Å². The van der Waals surface area contributed by atoms with Crippen LogP contribution in [0.3, 0.4) is 0 Å². The maximum absolute atomic E-state index is 11.3. The number of nitrogens with two attached hydrogens (primary N) is 1. The lowest BCUT2D eigenvalue weighted by Crippen LogP contribution is -2.46. The van der Waals surface area contributed by atoms with E-state index in [1.54, 1.807) is 0 Å². The van der Waals surface area contributed by atoms with E-state index < -0.39 is 0 Å². The van der Waals surface area contributed by atoms with Gasteiger partial charge < -0.3 is 16.0 Å². The van der Waals surface area contributed by atoms with Crippen molar-refractivity contribution in [3.8, 4) is 0 Å². The first-order valence-corrected chi connectivity index (χ1v) is 6.92. The SMILES string of the molecule is CCCNC(CCN1CCCCC1C)C(N)=O. The normalized spacial score (nSPS) is 23.5. The van der Waals surface area contributed by atoms with E-state index in [9.17, 15) is 4.79 Å². The monoisotopic (exact) mass is 241 g/mol. The number of hydrogen-bond donors (Lipinski definition) is 2. The van der Waals surface area contributed by atoms with Crippen molar-refractivity contribution in [2.45, 2.75) is 58.0 Å². The highest BCUT2D eigenvalue weighted by Crippen LogP contribution is 2.16. The molecule has 1 saturated heterocycles. The molecule has 1 aliphatic heterocycles. The third-order valence-electron chi connectivity index (χ3n) is 3.63. The molecule has 3 N–H and O–H groups in total. The number of likely N-dealkylation sites (tertiary alicyclic amines) is 1. The summed E-state index contributed by atoms with van der Waals surface area (Å²) < 4.78 is 0. The van der Waals surface area contributed by atoms with E-state index >= 15 is 0 Å². The van der Waals surface area contributed by atoms with Crippen molar-refractivity contribution in [2.75, 3.05) is 19.6 Å². The van der Waals surface area contributed by atoms with Crippen molar-refractivity contribution in [2.24, 2.45) is 5.73 Å². The molecule has 1 aliphatic rings. The minimum Gasteiger partial charge on any atom is -0.368 e. The average Bonchev–Trinajstić information content (AvgIpc) is 2.31. The van der Waals surface area contributed by atoms with E-state index in [4.69, 9.17) is 5.73 Å². The molecule has 1 heterocycles. The molecule has 0 aromatic heterocycles. The maximum Gasteiger partial charge on any atom is 0.234 e. The zero-order valence-corrected chi connectivity index (χ0v) is 11.2. The summed E-state index contributed by atoms with van der Waals surface area (Å²) in [6, 6.07) is 0.493.